The fraction of sp³-hybridized carbons (Fsp3) is 0.414. The summed E-state index contributed by atoms with van der Waals surface area (Å²) in [6.07, 6.45) is 3.38. The molecule has 0 radical (unpaired) electrons. The largest absolute Gasteiger partial charge is 0.389 e. The average molecular weight is 564 g/mol. The highest BCUT2D eigenvalue weighted by atomic mass is 35.5. The van der Waals surface area contributed by atoms with Crippen LogP contribution in [0.2, 0.25) is 5.02 Å². The molecule has 2 amide bonds. The maximum absolute atomic E-state index is 13.3. The third-order valence-electron chi connectivity index (χ3n) is 7.24. The number of rotatable bonds is 10. The molecule has 0 saturated heterocycles. The van der Waals surface area contributed by atoms with Gasteiger partial charge in [0.25, 0.3) is 5.56 Å². The molecule has 10 nitrogen and oxygen atoms in total. The number of amides is 2. The Labute approximate surface area is 235 Å². The molecule has 1 heterocycles. The lowest BCUT2D eigenvalue weighted by atomic mass is 9.97. The molecule has 0 aliphatic heterocycles. The van der Waals surface area contributed by atoms with Gasteiger partial charge in [0.1, 0.15) is 6.07 Å². The number of nitriles is 1. The first kappa shape index (κ1) is 27.6. The van der Waals surface area contributed by atoms with E-state index >= 15 is 0 Å². The second-order valence-electron chi connectivity index (χ2n) is 11.2. The summed E-state index contributed by atoms with van der Waals surface area (Å²) in [6.45, 7) is 2.34. The number of nitrogens with zero attached hydrogens (tertiary/aromatic N) is 3. The van der Waals surface area contributed by atoms with Gasteiger partial charge in [0, 0.05) is 24.5 Å². The van der Waals surface area contributed by atoms with Crippen LogP contribution in [-0.4, -0.2) is 31.7 Å². The van der Waals surface area contributed by atoms with Crippen LogP contribution in [0.4, 0.5) is 11.4 Å². The van der Waals surface area contributed by atoms with Crippen molar-refractivity contribution >= 4 is 45.7 Å². The van der Waals surface area contributed by atoms with Crippen LogP contribution in [0.5, 0.6) is 0 Å². The van der Waals surface area contributed by atoms with Gasteiger partial charge >= 0.3 is 5.69 Å². The van der Waals surface area contributed by atoms with Crippen LogP contribution in [0.15, 0.2) is 46.0 Å². The number of carbonyl (C=O) groups is 2. The van der Waals surface area contributed by atoms with Crippen molar-refractivity contribution in [3.8, 4) is 6.07 Å². The van der Waals surface area contributed by atoms with Crippen LogP contribution in [0.1, 0.15) is 51.0 Å². The van der Waals surface area contributed by atoms with E-state index < -0.39 is 17.4 Å². The van der Waals surface area contributed by atoms with Gasteiger partial charge in [-0.15, -0.1) is 0 Å². The number of hydrogen-bond acceptors (Lipinski definition) is 6. The van der Waals surface area contributed by atoms with E-state index in [0.717, 1.165) is 25.7 Å². The Hall–Kier alpha value is -3.94. The van der Waals surface area contributed by atoms with E-state index in [1.54, 1.807) is 22.8 Å². The smallest absolute Gasteiger partial charge is 0.331 e. The number of carbonyl (C=O) groups excluding carboxylic acids is 2. The molecular weight excluding hydrogens is 534 g/mol. The number of halogens is 1. The van der Waals surface area contributed by atoms with Gasteiger partial charge in [-0.3, -0.25) is 23.5 Å². The van der Waals surface area contributed by atoms with Crippen molar-refractivity contribution in [1.82, 2.24) is 9.13 Å². The molecule has 1 unspecified atom stereocenters. The molecule has 1 atom stereocenters. The molecule has 208 valence electrons. The van der Waals surface area contributed by atoms with E-state index in [1.165, 1.54) is 29.7 Å². The van der Waals surface area contributed by atoms with Crippen molar-refractivity contribution in [3.05, 3.63) is 67.8 Å². The second-order valence-corrected chi connectivity index (χ2v) is 11.6. The molecule has 2 saturated carbocycles. The van der Waals surface area contributed by atoms with E-state index in [9.17, 15) is 24.3 Å². The Balaban J connectivity index is 1.29. The standard InChI is InChI=1S/C29H30ClN5O5/c1-29(40,13-26(37)33-21-7-6-19(14-31)23(30)11-21)12-25(36)32-20-8-9-24-22(10-20)27(38)35(16-18-4-5-18)28(39)34(24)15-17-2-3-17/h6-11,17-18,40H,2-5,12-13,15-16H2,1H3,(H,32,36)(H,33,37). The van der Waals surface area contributed by atoms with Gasteiger partial charge in [0.05, 0.1) is 39.9 Å². The summed E-state index contributed by atoms with van der Waals surface area (Å²) in [5.74, 6) is -0.300. The molecule has 2 aliphatic carbocycles. The van der Waals surface area contributed by atoms with Crippen LogP contribution in [0.25, 0.3) is 10.9 Å². The van der Waals surface area contributed by atoms with Gasteiger partial charge in [0.2, 0.25) is 11.8 Å². The average Bonchev–Trinajstić information content (AvgIpc) is 3.80. The lowest BCUT2D eigenvalue weighted by molar-refractivity contribution is -0.125. The van der Waals surface area contributed by atoms with Crippen LogP contribution in [0.3, 0.4) is 0 Å². The van der Waals surface area contributed by atoms with E-state index in [2.05, 4.69) is 10.6 Å². The van der Waals surface area contributed by atoms with Crippen LogP contribution >= 0.6 is 11.6 Å². The summed E-state index contributed by atoms with van der Waals surface area (Å²) in [4.78, 5) is 51.8. The van der Waals surface area contributed by atoms with Gasteiger partial charge < -0.3 is 15.7 Å². The molecule has 11 heteroatoms. The zero-order valence-electron chi connectivity index (χ0n) is 22.1. The minimum atomic E-state index is -1.66. The Morgan fingerprint density at radius 1 is 0.975 bits per heavy atom. The van der Waals surface area contributed by atoms with Crippen LogP contribution < -0.4 is 21.9 Å². The molecule has 2 aromatic carbocycles. The predicted octanol–water partition coefficient (Wildman–Crippen LogP) is 3.62. The zero-order valence-corrected chi connectivity index (χ0v) is 22.8. The minimum absolute atomic E-state index is 0.186. The SMILES string of the molecule is CC(O)(CC(=O)Nc1ccc(C#N)c(Cl)c1)CC(=O)Nc1ccc2c(c1)c(=O)n(CC1CC1)c(=O)n2CC1CC1. The monoisotopic (exact) mass is 563 g/mol. The number of anilines is 2. The quantitative estimate of drug-likeness (QED) is 0.343. The number of fused-ring (bicyclic) bond motifs is 1. The first-order chi connectivity index (χ1) is 19.0. The number of nitrogens with one attached hydrogen (secondary N) is 2. The maximum atomic E-state index is 13.3. The number of aliphatic hydroxyl groups is 1. The van der Waals surface area contributed by atoms with Crippen LogP contribution in [0, 0.1) is 23.2 Å². The lowest BCUT2D eigenvalue weighted by Gasteiger charge is -2.22. The van der Waals surface area contributed by atoms with Gasteiger partial charge in [-0.25, -0.2) is 4.79 Å². The van der Waals surface area contributed by atoms with Crippen molar-refractivity contribution in [3.63, 3.8) is 0 Å². The highest BCUT2D eigenvalue weighted by Crippen LogP contribution is 2.32. The van der Waals surface area contributed by atoms with Gasteiger partial charge in [-0.2, -0.15) is 5.26 Å². The molecule has 3 aromatic rings. The fourth-order valence-corrected chi connectivity index (χ4v) is 5.03. The summed E-state index contributed by atoms with van der Waals surface area (Å²) in [6, 6.07) is 11.2. The summed E-state index contributed by atoms with van der Waals surface area (Å²) in [5.41, 5.74) is -0.797. The Morgan fingerprint density at radius 3 is 2.08 bits per heavy atom. The van der Waals surface area contributed by atoms with Gasteiger partial charge in [-0.1, -0.05) is 11.6 Å². The van der Waals surface area contributed by atoms with Crippen LogP contribution in [-0.2, 0) is 22.7 Å². The van der Waals surface area contributed by atoms with Crippen molar-refractivity contribution < 1.29 is 14.7 Å². The first-order valence-electron chi connectivity index (χ1n) is 13.3. The predicted molar refractivity (Wildman–Crippen MR) is 151 cm³/mol. The third-order valence-corrected chi connectivity index (χ3v) is 7.55. The Bertz CT molecular complexity index is 1660. The molecule has 5 rings (SSSR count). The van der Waals surface area contributed by atoms with E-state index in [-0.39, 0.29) is 34.7 Å². The molecule has 1 aromatic heterocycles. The van der Waals surface area contributed by atoms with Crippen molar-refractivity contribution in [2.24, 2.45) is 11.8 Å². The van der Waals surface area contributed by atoms with Crippen molar-refractivity contribution in [1.29, 1.82) is 5.26 Å². The van der Waals surface area contributed by atoms with Crippen molar-refractivity contribution in [2.45, 2.75) is 64.1 Å². The molecule has 40 heavy (non-hydrogen) atoms. The van der Waals surface area contributed by atoms with Crippen molar-refractivity contribution in [2.75, 3.05) is 10.6 Å². The lowest BCUT2D eigenvalue weighted by Crippen LogP contribution is -2.41. The number of benzene rings is 2. The molecule has 2 aliphatic rings. The topological polar surface area (TPSA) is 146 Å². The molecule has 0 bridgehead atoms. The first-order valence-corrected chi connectivity index (χ1v) is 13.7. The highest BCUT2D eigenvalue weighted by Gasteiger charge is 2.29. The Kier molecular flexibility index (Phi) is 7.53. The third kappa shape index (κ3) is 6.43. The number of aromatic nitrogens is 2. The number of hydrogen-bond donors (Lipinski definition) is 3. The second kappa shape index (κ2) is 10.9. The summed E-state index contributed by atoms with van der Waals surface area (Å²) >= 11 is 6.00. The van der Waals surface area contributed by atoms with Gasteiger partial charge in [-0.05, 0) is 80.8 Å². The van der Waals surface area contributed by atoms with E-state index in [1.807, 2.05) is 6.07 Å². The normalized spacial score (nSPS) is 16.2. The summed E-state index contributed by atoms with van der Waals surface area (Å²) < 4.78 is 2.99. The molecule has 3 N–H and O–H groups in total. The minimum Gasteiger partial charge on any atom is -0.389 e. The molecular formula is C29H30ClN5O5. The van der Waals surface area contributed by atoms with Gasteiger partial charge in [0.15, 0.2) is 0 Å². The molecule has 2 fully saturated rings. The Morgan fingerprint density at radius 2 is 1.52 bits per heavy atom. The summed E-state index contributed by atoms with van der Waals surface area (Å²) in [7, 11) is 0. The summed E-state index contributed by atoms with van der Waals surface area (Å²) in [5, 5.41) is 25.6. The maximum Gasteiger partial charge on any atom is 0.331 e. The van der Waals surface area contributed by atoms with E-state index in [4.69, 9.17) is 16.9 Å². The van der Waals surface area contributed by atoms with E-state index in [0.29, 0.717) is 47.2 Å². The zero-order chi connectivity index (χ0) is 28.6. The fourth-order valence-electron chi connectivity index (χ4n) is 4.80. The highest BCUT2D eigenvalue weighted by molar-refractivity contribution is 6.32. The molecule has 0 spiro atoms.